The van der Waals surface area contributed by atoms with E-state index < -0.39 is 35.5 Å². The van der Waals surface area contributed by atoms with Crippen LogP contribution in [0.15, 0.2) is 46.8 Å². The summed E-state index contributed by atoms with van der Waals surface area (Å²) in [7, 11) is 1.19. The zero-order chi connectivity index (χ0) is 22.4. The summed E-state index contributed by atoms with van der Waals surface area (Å²) in [6.07, 6.45) is 0.117. The lowest BCUT2D eigenvalue weighted by molar-refractivity contribution is -0.384. The van der Waals surface area contributed by atoms with Gasteiger partial charge in [0.2, 0.25) is 6.79 Å². The first-order chi connectivity index (χ1) is 14.2. The van der Waals surface area contributed by atoms with Crippen molar-refractivity contribution >= 4 is 23.6 Å². The van der Waals surface area contributed by atoms with Crippen LogP contribution in [-0.4, -0.2) is 36.7 Å². The molecule has 0 bridgehead atoms. The number of hydrogen-bond donors (Lipinski definition) is 1. The number of rotatable bonds is 7. The minimum absolute atomic E-state index is 0.0500. The smallest absolute Gasteiger partial charge is 0.339 e. The van der Waals surface area contributed by atoms with Crippen molar-refractivity contribution in [3.8, 4) is 0 Å². The van der Waals surface area contributed by atoms with Crippen LogP contribution >= 0.6 is 0 Å². The number of ether oxygens (including phenoxy) is 3. The first-order valence-corrected chi connectivity index (χ1v) is 9.05. The van der Waals surface area contributed by atoms with Gasteiger partial charge in [-0.3, -0.25) is 14.9 Å². The molecule has 10 nitrogen and oxygen atoms in total. The Balaban J connectivity index is 2.52. The van der Waals surface area contributed by atoms with Crippen molar-refractivity contribution in [1.82, 2.24) is 5.32 Å². The van der Waals surface area contributed by atoms with Crippen molar-refractivity contribution in [2.45, 2.75) is 33.1 Å². The van der Waals surface area contributed by atoms with Crippen molar-refractivity contribution < 1.29 is 33.5 Å². The Labute approximate surface area is 172 Å². The van der Waals surface area contributed by atoms with Crippen LogP contribution in [0.4, 0.5) is 5.69 Å². The average Bonchev–Trinajstić information content (AvgIpc) is 2.72. The van der Waals surface area contributed by atoms with Gasteiger partial charge in [0.25, 0.3) is 5.69 Å². The Hall–Kier alpha value is -3.69. The second kappa shape index (κ2) is 9.68. The molecule has 0 fully saturated rings. The fraction of sp³-hybridized carbons (Fsp3) is 0.350. The molecule has 1 unspecified atom stereocenters. The standard InChI is InChI=1S/C20H22N2O8/c1-5-15(23)29-10-30-20(25)17-12(3)21-11(2)16(19(24)28-4)18(17)13-7-6-8-14(9-13)22(26)27/h6-9,18,21H,5,10H2,1-4H3. The van der Waals surface area contributed by atoms with Crippen molar-refractivity contribution in [1.29, 1.82) is 0 Å². The molecule has 0 amide bonds. The molecule has 0 spiro atoms. The summed E-state index contributed by atoms with van der Waals surface area (Å²) in [5.41, 5.74) is 1.13. The van der Waals surface area contributed by atoms with Crippen LogP contribution in [-0.2, 0) is 28.6 Å². The van der Waals surface area contributed by atoms with E-state index in [1.165, 1.54) is 25.3 Å². The van der Waals surface area contributed by atoms with E-state index in [1.807, 2.05) is 0 Å². The van der Waals surface area contributed by atoms with E-state index in [4.69, 9.17) is 14.2 Å². The zero-order valence-corrected chi connectivity index (χ0v) is 17.0. The second-order valence-corrected chi connectivity index (χ2v) is 6.40. The minimum atomic E-state index is -0.979. The fourth-order valence-corrected chi connectivity index (χ4v) is 3.12. The molecule has 0 saturated carbocycles. The van der Waals surface area contributed by atoms with E-state index in [-0.39, 0.29) is 23.3 Å². The van der Waals surface area contributed by atoms with Crippen molar-refractivity contribution in [3.63, 3.8) is 0 Å². The summed E-state index contributed by atoms with van der Waals surface area (Å²) in [5.74, 6) is -3.06. The van der Waals surface area contributed by atoms with Gasteiger partial charge in [-0.25, -0.2) is 9.59 Å². The maximum atomic E-state index is 12.8. The number of dihydropyridines is 1. The first kappa shape index (κ1) is 22.6. The molecule has 0 aromatic heterocycles. The summed E-state index contributed by atoms with van der Waals surface area (Å²) in [5, 5.41) is 14.2. The third kappa shape index (κ3) is 4.83. The third-order valence-corrected chi connectivity index (χ3v) is 4.50. The topological polar surface area (TPSA) is 134 Å². The molecular formula is C20H22N2O8. The maximum absolute atomic E-state index is 12.8. The molecule has 0 saturated heterocycles. The Morgan fingerprint density at radius 2 is 1.73 bits per heavy atom. The molecule has 1 aromatic carbocycles. The van der Waals surface area contributed by atoms with Crippen LogP contribution < -0.4 is 5.32 Å². The summed E-state index contributed by atoms with van der Waals surface area (Å²) >= 11 is 0. The van der Waals surface area contributed by atoms with Crippen molar-refractivity contribution in [2.75, 3.05) is 13.9 Å². The van der Waals surface area contributed by atoms with Gasteiger partial charge in [0.05, 0.1) is 29.1 Å². The molecule has 2 rings (SSSR count). The summed E-state index contributed by atoms with van der Waals surface area (Å²) in [6, 6.07) is 5.61. The Bertz CT molecular complexity index is 948. The lowest BCUT2D eigenvalue weighted by atomic mass is 9.80. The van der Waals surface area contributed by atoms with Crippen LogP contribution in [0.1, 0.15) is 38.7 Å². The number of carbonyl (C=O) groups is 3. The third-order valence-electron chi connectivity index (χ3n) is 4.50. The molecule has 160 valence electrons. The Morgan fingerprint density at radius 1 is 1.10 bits per heavy atom. The highest BCUT2D eigenvalue weighted by Gasteiger charge is 2.38. The van der Waals surface area contributed by atoms with Crippen molar-refractivity contribution in [3.05, 3.63) is 62.5 Å². The van der Waals surface area contributed by atoms with E-state index in [0.717, 1.165) is 0 Å². The number of nitrogens with zero attached hydrogens (tertiary/aromatic N) is 1. The van der Waals surface area contributed by atoms with Gasteiger partial charge in [0, 0.05) is 29.9 Å². The van der Waals surface area contributed by atoms with E-state index in [9.17, 15) is 24.5 Å². The maximum Gasteiger partial charge on any atom is 0.339 e. The highest BCUT2D eigenvalue weighted by molar-refractivity contribution is 5.99. The number of hydrogen-bond acceptors (Lipinski definition) is 9. The number of nitrogens with one attached hydrogen (secondary N) is 1. The second-order valence-electron chi connectivity index (χ2n) is 6.40. The van der Waals surface area contributed by atoms with Crippen LogP contribution in [0.2, 0.25) is 0 Å². The van der Waals surface area contributed by atoms with E-state index >= 15 is 0 Å². The van der Waals surface area contributed by atoms with Gasteiger partial charge < -0.3 is 19.5 Å². The summed E-state index contributed by atoms with van der Waals surface area (Å²) < 4.78 is 14.7. The van der Waals surface area contributed by atoms with E-state index in [0.29, 0.717) is 17.0 Å². The lowest BCUT2D eigenvalue weighted by Gasteiger charge is -2.30. The fourth-order valence-electron chi connectivity index (χ4n) is 3.12. The summed E-state index contributed by atoms with van der Waals surface area (Å²) in [6.45, 7) is 4.23. The van der Waals surface area contributed by atoms with Gasteiger partial charge in [-0.15, -0.1) is 0 Å². The summed E-state index contributed by atoms with van der Waals surface area (Å²) in [4.78, 5) is 47.2. The normalized spacial score (nSPS) is 15.9. The molecule has 1 aromatic rings. The average molecular weight is 418 g/mol. The largest absolute Gasteiger partial charge is 0.466 e. The van der Waals surface area contributed by atoms with Crippen molar-refractivity contribution in [2.24, 2.45) is 0 Å². The number of methoxy groups -OCH3 is 1. The predicted molar refractivity (Wildman–Crippen MR) is 104 cm³/mol. The molecule has 0 aliphatic carbocycles. The van der Waals surface area contributed by atoms with Gasteiger partial charge in [-0.05, 0) is 19.4 Å². The van der Waals surface area contributed by atoms with Crippen LogP contribution in [0.25, 0.3) is 0 Å². The Kier molecular flexibility index (Phi) is 7.29. The van der Waals surface area contributed by atoms with E-state index in [1.54, 1.807) is 26.8 Å². The first-order valence-electron chi connectivity index (χ1n) is 9.05. The Morgan fingerprint density at radius 3 is 2.30 bits per heavy atom. The zero-order valence-electron chi connectivity index (χ0n) is 17.0. The quantitative estimate of drug-likeness (QED) is 0.307. The number of non-ortho nitro benzene ring substituents is 1. The SMILES string of the molecule is CCC(=O)OCOC(=O)C1=C(C)NC(C)=C(C(=O)OC)C1c1cccc([N+](=O)[O-])c1. The number of carbonyl (C=O) groups excluding carboxylic acids is 3. The van der Waals surface area contributed by atoms with Crippen LogP contribution in [0, 0.1) is 10.1 Å². The monoisotopic (exact) mass is 418 g/mol. The molecule has 0 radical (unpaired) electrons. The molecular weight excluding hydrogens is 396 g/mol. The lowest BCUT2D eigenvalue weighted by Crippen LogP contribution is -2.32. The van der Waals surface area contributed by atoms with Crippen LogP contribution in [0.3, 0.4) is 0 Å². The molecule has 1 aliphatic rings. The minimum Gasteiger partial charge on any atom is -0.466 e. The van der Waals surface area contributed by atoms with Gasteiger partial charge in [0.1, 0.15) is 0 Å². The highest BCUT2D eigenvalue weighted by atomic mass is 16.7. The van der Waals surface area contributed by atoms with Gasteiger partial charge in [-0.1, -0.05) is 19.1 Å². The van der Waals surface area contributed by atoms with E-state index in [2.05, 4.69) is 5.32 Å². The van der Waals surface area contributed by atoms with Gasteiger partial charge in [0.15, 0.2) is 0 Å². The molecule has 10 heteroatoms. The molecule has 1 aliphatic heterocycles. The molecule has 30 heavy (non-hydrogen) atoms. The molecule has 1 heterocycles. The number of benzene rings is 1. The number of nitro groups is 1. The van der Waals surface area contributed by atoms with Crippen LogP contribution in [0.5, 0.6) is 0 Å². The molecule has 1 N–H and O–H groups in total. The van der Waals surface area contributed by atoms with Gasteiger partial charge in [-0.2, -0.15) is 0 Å². The van der Waals surface area contributed by atoms with Gasteiger partial charge >= 0.3 is 17.9 Å². The predicted octanol–water partition coefficient (Wildman–Crippen LogP) is 2.46. The highest BCUT2D eigenvalue weighted by Crippen LogP contribution is 2.40. The number of esters is 3. The number of nitro benzene ring substituents is 1. The molecule has 1 atom stereocenters. The number of allylic oxidation sites excluding steroid dienone is 2.